The van der Waals surface area contributed by atoms with Crippen molar-refractivity contribution >= 4 is 41.9 Å². The zero-order chi connectivity index (χ0) is 15.7. The lowest BCUT2D eigenvalue weighted by atomic mass is 10.2. The summed E-state index contributed by atoms with van der Waals surface area (Å²) in [6.07, 6.45) is 1.45. The maximum Gasteiger partial charge on any atom is 0.243 e. The van der Waals surface area contributed by atoms with Crippen molar-refractivity contribution in [3.8, 4) is 5.88 Å². The van der Waals surface area contributed by atoms with E-state index in [0.717, 1.165) is 8.95 Å². The van der Waals surface area contributed by atoms with Crippen LogP contribution in [0, 0.1) is 0 Å². The van der Waals surface area contributed by atoms with E-state index in [-0.39, 0.29) is 11.0 Å². The molecule has 3 rings (SSSR count). The minimum absolute atomic E-state index is 0.184. The number of hydrogen-bond donors (Lipinski definition) is 0. The SMILES string of the molecule is O=S(=O)(c1ccc(Br)cc1)N1CC(Oc2ncccc2Br)C1. The summed E-state index contributed by atoms with van der Waals surface area (Å²) in [4.78, 5) is 4.40. The van der Waals surface area contributed by atoms with Crippen LogP contribution in [0.3, 0.4) is 0 Å². The number of pyridine rings is 1. The molecule has 0 amide bonds. The first-order valence-electron chi connectivity index (χ1n) is 6.50. The lowest BCUT2D eigenvalue weighted by Crippen LogP contribution is -2.56. The summed E-state index contributed by atoms with van der Waals surface area (Å²) in [6.45, 7) is 0.642. The molecule has 8 heteroatoms. The molecule has 0 atom stereocenters. The predicted octanol–water partition coefficient (Wildman–Crippen LogP) is 3.06. The summed E-state index contributed by atoms with van der Waals surface area (Å²) in [5.74, 6) is 0.480. The van der Waals surface area contributed by atoms with Gasteiger partial charge in [-0.3, -0.25) is 0 Å². The first-order valence-corrected chi connectivity index (χ1v) is 9.52. The molecular formula is C14H12Br2N2O3S. The van der Waals surface area contributed by atoms with Gasteiger partial charge in [0.25, 0.3) is 0 Å². The quantitative estimate of drug-likeness (QED) is 0.722. The van der Waals surface area contributed by atoms with E-state index >= 15 is 0 Å². The Balaban J connectivity index is 1.65. The van der Waals surface area contributed by atoms with E-state index in [1.54, 1.807) is 36.5 Å². The summed E-state index contributed by atoms with van der Waals surface area (Å²) in [7, 11) is -3.45. The minimum Gasteiger partial charge on any atom is -0.471 e. The van der Waals surface area contributed by atoms with Crippen molar-refractivity contribution in [3.05, 3.63) is 51.5 Å². The Labute approximate surface area is 145 Å². The van der Waals surface area contributed by atoms with Gasteiger partial charge in [0, 0.05) is 10.7 Å². The van der Waals surface area contributed by atoms with Crippen LogP contribution in [0.5, 0.6) is 5.88 Å². The second-order valence-corrected chi connectivity index (χ2v) is 8.51. The predicted molar refractivity (Wildman–Crippen MR) is 89.3 cm³/mol. The monoisotopic (exact) mass is 446 g/mol. The van der Waals surface area contributed by atoms with Crippen LogP contribution < -0.4 is 4.74 Å². The average Bonchev–Trinajstić information content (AvgIpc) is 2.44. The normalized spacial score (nSPS) is 16.3. The first-order chi connectivity index (χ1) is 10.5. The van der Waals surface area contributed by atoms with Crippen molar-refractivity contribution in [1.29, 1.82) is 0 Å². The fraction of sp³-hybridized carbons (Fsp3) is 0.214. The van der Waals surface area contributed by atoms with E-state index in [2.05, 4.69) is 36.8 Å². The van der Waals surface area contributed by atoms with Crippen LogP contribution in [0.2, 0.25) is 0 Å². The highest BCUT2D eigenvalue weighted by Gasteiger charge is 2.38. The van der Waals surface area contributed by atoms with Crippen molar-refractivity contribution in [2.75, 3.05) is 13.1 Å². The van der Waals surface area contributed by atoms with Crippen molar-refractivity contribution in [3.63, 3.8) is 0 Å². The standard InChI is InChI=1S/C14H12Br2N2O3S/c15-10-3-5-12(6-4-10)22(19,20)18-8-11(9-18)21-14-13(16)2-1-7-17-14/h1-7,11H,8-9H2. The maximum absolute atomic E-state index is 12.4. The Kier molecular flexibility index (Phi) is 4.54. The average molecular weight is 448 g/mol. The number of sulfonamides is 1. The Hall–Kier alpha value is -0.960. The highest BCUT2D eigenvalue weighted by molar-refractivity contribution is 9.10. The number of halogens is 2. The van der Waals surface area contributed by atoms with Gasteiger partial charge in [0.15, 0.2) is 0 Å². The van der Waals surface area contributed by atoms with Crippen molar-refractivity contribution < 1.29 is 13.2 Å². The largest absolute Gasteiger partial charge is 0.471 e. The van der Waals surface area contributed by atoms with E-state index in [1.165, 1.54) is 4.31 Å². The third-order valence-corrected chi connectivity index (χ3v) is 6.25. The topological polar surface area (TPSA) is 59.5 Å². The molecule has 1 fully saturated rings. The van der Waals surface area contributed by atoms with Crippen molar-refractivity contribution in [2.24, 2.45) is 0 Å². The maximum atomic E-state index is 12.4. The first kappa shape index (κ1) is 15.9. The van der Waals surface area contributed by atoms with Crippen LogP contribution in [0.1, 0.15) is 0 Å². The van der Waals surface area contributed by atoms with Crippen LogP contribution in [-0.4, -0.2) is 36.9 Å². The molecule has 1 aliphatic rings. The smallest absolute Gasteiger partial charge is 0.243 e. The molecule has 0 radical (unpaired) electrons. The molecule has 1 aromatic carbocycles. The van der Waals surface area contributed by atoms with Gasteiger partial charge in [0.05, 0.1) is 22.5 Å². The Bertz CT molecular complexity index is 775. The molecule has 1 aliphatic heterocycles. The number of hydrogen-bond acceptors (Lipinski definition) is 4. The second kappa shape index (κ2) is 6.27. The lowest BCUT2D eigenvalue weighted by Gasteiger charge is -2.37. The fourth-order valence-electron chi connectivity index (χ4n) is 2.04. The van der Waals surface area contributed by atoms with E-state index in [4.69, 9.17) is 4.74 Å². The highest BCUT2D eigenvalue weighted by atomic mass is 79.9. The van der Waals surface area contributed by atoms with Gasteiger partial charge in [-0.15, -0.1) is 0 Å². The summed E-state index contributed by atoms with van der Waals surface area (Å²) < 4.78 is 33.5. The van der Waals surface area contributed by atoms with E-state index in [9.17, 15) is 8.42 Å². The van der Waals surface area contributed by atoms with Crippen molar-refractivity contribution in [1.82, 2.24) is 9.29 Å². The molecule has 0 saturated carbocycles. The Morgan fingerprint density at radius 1 is 1.14 bits per heavy atom. The molecule has 1 aromatic heterocycles. The molecule has 2 heterocycles. The zero-order valence-corrected chi connectivity index (χ0v) is 15.3. The molecular weight excluding hydrogens is 436 g/mol. The zero-order valence-electron chi connectivity index (χ0n) is 11.3. The second-order valence-electron chi connectivity index (χ2n) is 4.81. The summed E-state index contributed by atoms with van der Waals surface area (Å²) in [5.41, 5.74) is 0. The lowest BCUT2D eigenvalue weighted by molar-refractivity contribution is 0.0713. The van der Waals surface area contributed by atoms with Gasteiger partial charge in [-0.25, -0.2) is 13.4 Å². The van der Waals surface area contributed by atoms with Gasteiger partial charge < -0.3 is 4.74 Å². The van der Waals surface area contributed by atoms with Crippen LogP contribution in [-0.2, 0) is 10.0 Å². The van der Waals surface area contributed by atoms with Gasteiger partial charge >= 0.3 is 0 Å². The molecule has 5 nitrogen and oxygen atoms in total. The van der Waals surface area contributed by atoms with Gasteiger partial charge in [-0.05, 0) is 52.3 Å². The fourth-order valence-corrected chi connectivity index (χ4v) is 4.16. The van der Waals surface area contributed by atoms with Gasteiger partial charge in [0.1, 0.15) is 6.10 Å². The molecule has 0 bridgehead atoms. The van der Waals surface area contributed by atoms with Crippen LogP contribution in [0.15, 0.2) is 56.4 Å². The third-order valence-electron chi connectivity index (χ3n) is 3.27. The van der Waals surface area contributed by atoms with E-state index < -0.39 is 10.0 Å². The Morgan fingerprint density at radius 3 is 2.45 bits per heavy atom. The molecule has 0 aliphatic carbocycles. The summed E-state index contributed by atoms with van der Waals surface area (Å²) in [6, 6.07) is 10.2. The van der Waals surface area contributed by atoms with Crippen LogP contribution in [0.4, 0.5) is 0 Å². The highest BCUT2D eigenvalue weighted by Crippen LogP contribution is 2.27. The number of rotatable bonds is 4. The minimum atomic E-state index is -3.45. The molecule has 2 aromatic rings. The molecule has 116 valence electrons. The van der Waals surface area contributed by atoms with Crippen molar-refractivity contribution in [2.45, 2.75) is 11.0 Å². The molecule has 1 saturated heterocycles. The van der Waals surface area contributed by atoms with Gasteiger partial charge in [0.2, 0.25) is 15.9 Å². The number of nitrogens with zero attached hydrogens (tertiary/aromatic N) is 2. The molecule has 22 heavy (non-hydrogen) atoms. The van der Waals surface area contributed by atoms with E-state index in [1.807, 2.05) is 6.07 Å². The Morgan fingerprint density at radius 2 is 1.82 bits per heavy atom. The molecule has 0 spiro atoms. The number of benzene rings is 1. The summed E-state index contributed by atoms with van der Waals surface area (Å²) >= 11 is 6.65. The molecule has 0 N–H and O–H groups in total. The number of aromatic nitrogens is 1. The molecule has 0 unspecified atom stereocenters. The van der Waals surface area contributed by atoms with E-state index in [0.29, 0.717) is 19.0 Å². The third kappa shape index (κ3) is 3.19. The van der Waals surface area contributed by atoms with Crippen LogP contribution >= 0.6 is 31.9 Å². The van der Waals surface area contributed by atoms with Gasteiger partial charge in [-0.1, -0.05) is 15.9 Å². The van der Waals surface area contributed by atoms with Gasteiger partial charge in [-0.2, -0.15) is 4.31 Å². The number of ether oxygens (including phenoxy) is 1. The summed E-state index contributed by atoms with van der Waals surface area (Å²) in [5, 5.41) is 0. The van der Waals surface area contributed by atoms with Crippen LogP contribution in [0.25, 0.3) is 0 Å².